The summed E-state index contributed by atoms with van der Waals surface area (Å²) in [5, 5.41) is 21.0. The lowest BCUT2D eigenvalue weighted by molar-refractivity contribution is -0.873. The van der Waals surface area contributed by atoms with Gasteiger partial charge in [0.15, 0.2) is 6.10 Å². The Morgan fingerprint density at radius 1 is 0.839 bits per heavy atom. The van der Waals surface area contributed by atoms with E-state index in [2.05, 4.69) is 6.92 Å². The van der Waals surface area contributed by atoms with Gasteiger partial charge in [0, 0.05) is 18.8 Å². The number of aliphatic hydroxyl groups is 1. The number of carboxylic acid groups (broad SMARTS) is 1. The number of unbranched alkanes of at least 4 members (excludes halogenated alkanes) is 10. The summed E-state index contributed by atoms with van der Waals surface area (Å²) in [4.78, 5) is 22.9. The fourth-order valence-corrected chi connectivity index (χ4v) is 3.85. The second kappa shape index (κ2) is 18.4. The van der Waals surface area contributed by atoms with Crippen molar-refractivity contribution in [3.63, 3.8) is 0 Å². The minimum absolute atomic E-state index is 0.242. The lowest BCUT2D eigenvalue weighted by atomic mass is 10.0. The zero-order valence-corrected chi connectivity index (χ0v) is 20.7. The molecule has 0 amide bonds. The summed E-state index contributed by atoms with van der Waals surface area (Å²) in [5.74, 6) is -1.55. The van der Waals surface area contributed by atoms with Gasteiger partial charge in [-0.05, 0) is 19.3 Å². The van der Waals surface area contributed by atoms with Crippen LogP contribution in [0.3, 0.4) is 0 Å². The second-order valence-electron chi connectivity index (χ2n) is 10.0. The zero-order valence-electron chi connectivity index (χ0n) is 20.7. The average Bonchev–Trinajstić information content (AvgIpc) is 2.64. The fourth-order valence-electron chi connectivity index (χ4n) is 3.85. The van der Waals surface area contributed by atoms with Gasteiger partial charge in [-0.1, -0.05) is 77.6 Å². The number of nitrogens with zero attached hydrogens (tertiary/aromatic N) is 1. The van der Waals surface area contributed by atoms with Crippen LogP contribution >= 0.6 is 0 Å². The molecule has 2 unspecified atom stereocenters. The van der Waals surface area contributed by atoms with Crippen LogP contribution in [0.15, 0.2) is 0 Å². The van der Waals surface area contributed by atoms with Gasteiger partial charge < -0.3 is 24.2 Å². The molecule has 31 heavy (non-hydrogen) atoms. The molecule has 0 bridgehead atoms. The molecule has 0 saturated carbocycles. The highest BCUT2D eigenvalue weighted by atomic mass is 16.5. The Bertz CT molecular complexity index is 461. The van der Waals surface area contributed by atoms with Crippen LogP contribution in [0, 0.1) is 0 Å². The summed E-state index contributed by atoms with van der Waals surface area (Å²) in [5.41, 5.74) is 0. The monoisotopic (exact) mass is 443 g/mol. The highest BCUT2D eigenvalue weighted by Crippen LogP contribution is 2.15. The topological polar surface area (TPSA) is 86.7 Å². The molecule has 0 saturated heterocycles. The lowest BCUT2D eigenvalue weighted by Crippen LogP contribution is -2.45. The van der Waals surface area contributed by atoms with E-state index in [9.17, 15) is 19.8 Å². The standard InChI is InChI=1S/C25H49NO5/c1-5-6-7-8-9-10-11-12-14-17-22(27)18-15-13-16-19-25(30)31-23(20-24(28)29)21-26(2,3)4/h22-23,27H,5-21H2,1-4H3. The van der Waals surface area contributed by atoms with E-state index < -0.39 is 12.1 Å². The Labute approximate surface area is 190 Å². The van der Waals surface area contributed by atoms with Crippen LogP contribution in [0.4, 0.5) is 0 Å². The first-order chi connectivity index (χ1) is 14.6. The van der Waals surface area contributed by atoms with Crippen LogP contribution < -0.4 is 5.11 Å². The van der Waals surface area contributed by atoms with Crippen LogP contribution in [0.5, 0.6) is 0 Å². The Kier molecular flexibility index (Phi) is 17.8. The summed E-state index contributed by atoms with van der Waals surface area (Å²) in [6, 6.07) is 0. The van der Waals surface area contributed by atoms with E-state index >= 15 is 0 Å². The third-order valence-electron chi connectivity index (χ3n) is 5.50. The van der Waals surface area contributed by atoms with Crippen molar-refractivity contribution in [3.05, 3.63) is 0 Å². The van der Waals surface area contributed by atoms with Gasteiger partial charge >= 0.3 is 5.97 Å². The summed E-state index contributed by atoms with van der Waals surface area (Å²) in [6.07, 6.45) is 14.8. The number of carboxylic acids is 1. The SMILES string of the molecule is CCCCCCCCCCCC(O)CCCCCC(=O)OC(CC(=O)[O-])C[N+](C)(C)C. The Morgan fingerprint density at radius 2 is 1.32 bits per heavy atom. The molecule has 0 aliphatic rings. The average molecular weight is 444 g/mol. The molecule has 6 nitrogen and oxygen atoms in total. The van der Waals surface area contributed by atoms with Crippen LogP contribution in [-0.2, 0) is 14.3 Å². The molecule has 1 N–H and O–H groups in total. The van der Waals surface area contributed by atoms with E-state index in [1.54, 1.807) is 0 Å². The van der Waals surface area contributed by atoms with Crippen molar-refractivity contribution < 1.29 is 29.0 Å². The van der Waals surface area contributed by atoms with Gasteiger partial charge in [0.05, 0.1) is 27.2 Å². The molecule has 0 radical (unpaired) electrons. The predicted molar refractivity (Wildman–Crippen MR) is 123 cm³/mol. The van der Waals surface area contributed by atoms with Crippen molar-refractivity contribution in [1.29, 1.82) is 0 Å². The third kappa shape index (κ3) is 21.9. The van der Waals surface area contributed by atoms with Gasteiger partial charge in [-0.15, -0.1) is 0 Å². The molecule has 0 heterocycles. The largest absolute Gasteiger partial charge is 0.550 e. The minimum atomic E-state index is -1.20. The van der Waals surface area contributed by atoms with Crippen molar-refractivity contribution in [3.8, 4) is 0 Å². The molecule has 2 atom stereocenters. The number of carbonyl (C=O) groups excluding carboxylic acids is 2. The first-order valence-electron chi connectivity index (χ1n) is 12.5. The normalized spacial score (nSPS) is 13.7. The molecule has 0 aliphatic heterocycles. The molecule has 0 aromatic heterocycles. The smallest absolute Gasteiger partial charge is 0.306 e. The number of aliphatic hydroxyl groups excluding tert-OH is 1. The van der Waals surface area contributed by atoms with Crippen LogP contribution in [0.25, 0.3) is 0 Å². The predicted octanol–water partition coefficient (Wildman–Crippen LogP) is 3.98. The molecule has 0 aliphatic carbocycles. The van der Waals surface area contributed by atoms with E-state index in [4.69, 9.17) is 4.74 Å². The van der Waals surface area contributed by atoms with Crippen molar-refractivity contribution in [1.82, 2.24) is 0 Å². The van der Waals surface area contributed by atoms with Crippen LogP contribution in [-0.4, -0.2) is 61.4 Å². The third-order valence-corrected chi connectivity index (χ3v) is 5.50. The van der Waals surface area contributed by atoms with E-state index in [1.165, 1.54) is 51.4 Å². The van der Waals surface area contributed by atoms with E-state index in [0.717, 1.165) is 32.1 Å². The highest BCUT2D eigenvalue weighted by molar-refractivity contribution is 5.70. The number of ether oxygens (including phenoxy) is 1. The van der Waals surface area contributed by atoms with Gasteiger partial charge in [-0.3, -0.25) is 4.79 Å². The molecule has 0 spiro atoms. The molecular weight excluding hydrogens is 394 g/mol. The number of carbonyl (C=O) groups is 2. The number of likely N-dealkylation sites (N-methyl/N-ethyl adjacent to an activating group) is 1. The van der Waals surface area contributed by atoms with E-state index in [1.807, 2.05) is 21.1 Å². The summed E-state index contributed by atoms with van der Waals surface area (Å²) >= 11 is 0. The van der Waals surface area contributed by atoms with Gasteiger partial charge in [-0.2, -0.15) is 0 Å². The number of rotatable bonds is 21. The number of esters is 1. The Morgan fingerprint density at radius 3 is 1.81 bits per heavy atom. The molecule has 0 aromatic carbocycles. The fraction of sp³-hybridized carbons (Fsp3) is 0.920. The number of quaternary nitrogens is 1. The molecule has 0 fully saturated rings. The van der Waals surface area contributed by atoms with Gasteiger partial charge in [0.2, 0.25) is 0 Å². The van der Waals surface area contributed by atoms with Crippen molar-refractivity contribution in [2.24, 2.45) is 0 Å². The van der Waals surface area contributed by atoms with Gasteiger partial charge in [0.25, 0.3) is 0 Å². The molecule has 184 valence electrons. The van der Waals surface area contributed by atoms with Gasteiger partial charge in [-0.25, -0.2) is 0 Å². The molecular formula is C25H49NO5. The molecule has 0 aromatic rings. The van der Waals surface area contributed by atoms with Gasteiger partial charge in [0.1, 0.15) is 6.54 Å². The minimum Gasteiger partial charge on any atom is -0.550 e. The van der Waals surface area contributed by atoms with Crippen molar-refractivity contribution in [2.75, 3.05) is 27.7 Å². The maximum absolute atomic E-state index is 12.0. The number of hydrogen-bond donors (Lipinski definition) is 1. The van der Waals surface area contributed by atoms with Crippen molar-refractivity contribution in [2.45, 2.75) is 122 Å². The van der Waals surface area contributed by atoms with Crippen LogP contribution in [0.2, 0.25) is 0 Å². The maximum atomic E-state index is 12.0. The van der Waals surface area contributed by atoms with Crippen LogP contribution in [0.1, 0.15) is 110 Å². The summed E-state index contributed by atoms with van der Waals surface area (Å²) in [7, 11) is 5.78. The summed E-state index contributed by atoms with van der Waals surface area (Å²) < 4.78 is 5.87. The van der Waals surface area contributed by atoms with E-state index in [0.29, 0.717) is 17.4 Å². The number of hydrogen-bond acceptors (Lipinski definition) is 5. The molecule has 6 heteroatoms. The Hall–Kier alpha value is -1.14. The first kappa shape index (κ1) is 29.9. The Balaban J connectivity index is 3.72. The molecule has 0 rings (SSSR count). The first-order valence-corrected chi connectivity index (χ1v) is 12.5. The number of aliphatic carboxylic acids is 1. The van der Waals surface area contributed by atoms with E-state index in [-0.39, 0.29) is 24.9 Å². The lowest BCUT2D eigenvalue weighted by Gasteiger charge is -2.29. The summed E-state index contributed by atoms with van der Waals surface area (Å²) in [6.45, 7) is 2.68. The highest BCUT2D eigenvalue weighted by Gasteiger charge is 2.22. The maximum Gasteiger partial charge on any atom is 0.306 e. The zero-order chi connectivity index (χ0) is 23.5. The van der Waals surface area contributed by atoms with Crippen molar-refractivity contribution >= 4 is 11.9 Å². The quantitative estimate of drug-likeness (QED) is 0.165. The second-order valence-corrected chi connectivity index (χ2v) is 10.0.